The highest BCUT2D eigenvalue weighted by Gasteiger charge is 2.27. The highest BCUT2D eigenvalue weighted by Crippen LogP contribution is 2.37. The van der Waals surface area contributed by atoms with Gasteiger partial charge in [-0.1, -0.05) is 46.3 Å². The first-order valence-electron chi connectivity index (χ1n) is 20.9. The number of hydrogen-bond acceptors (Lipinski definition) is 13. The Balaban J connectivity index is 0.758. The van der Waals surface area contributed by atoms with E-state index in [-0.39, 0.29) is 30.1 Å². The van der Waals surface area contributed by atoms with Crippen LogP contribution in [-0.4, -0.2) is 117 Å². The van der Waals surface area contributed by atoms with E-state index >= 15 is 0 Å². The van der Waals surface area contributed by atoms with Crippen LogP contribution in [0.2, 0.25) is 0 Å². The molecule has 4 aromatic carbocycles. The van der Waals surface area contributed by atoms with E-state index in [0.29, 0.717) is 73.2 Å². The zero-order chi connectivity index (χ0) is 43.7. The second kappa shape index (κ2) is 20.3. The number of nitrogens with two attached hydrogens (primary N) is 1. The van der Waals surface area contributed by atoms with Gasteiger partial charge in [-0.2, -0.15) is 5.10 Å². The van der Waals surface area contributed by atoms with Gasteiger partial charge in [0.2, 0.25) is 11.8 Å². The smallest absolute Gasteiger partial charge is 0.230 e. The fourth-order valence-corrected chi connectivity index (χ4v) is 8.23. The number of nitrogens with zero attached hydrogens (tertiary/aromatic N) is 7. The Kier molecular flexibility index (Phi) is 14.0. The first-order valence-corrected chi connectivity index (χ1v) is 21.7. The summed E-state index contributed by atoms with van der Waals surface area (Å²) in [5.74, 6) is 1.42. The van der Waals surface area contributed by atoms with Gasteiger partial charge in [0.1, 0.15) is 35.1 Å². The molecular formula is C47H49BrN8O7. The maximum atomic E-state index is 12.5. The Morgan fingerprint density at radius 2 is 1.56 bits per heavy atom. The summed E-state index contributed by atoms with van der Waals surface area (Å²) in [4.78, 5) is 28.6. The summed E-state index contributed by atoms with van der Waals surface area (Å²) in [7, 11) is 0. The summed E-state index contributed by atoms with van der Waals surface area (Å²) < 4.78 is 27.5. The van der Waals surface area contributed by atoms with E-state index in [9.17, 15) is 15.0 Å². The number of carbonyl (C=O) groups excluding carboxylic acids is 1. The van der Waals surface area contributed by atoms with Gasteiger partial charge in [0, 0.05) is 47.5 Å². The van der Waals surface area contributed by atoms with Gasteiger partial charge in [-0.25, -0.2) is 14.6 Å². The highest BCUT2D eigenvalue weighted by molar-refractivity contribution is 9.10. The predicted molar refractivity (Wildman–Crippen MR) is 245 cm³/mol. The highest BCUT2D eigenvalue weighted by atomic mass is 79.9. The summed E-state index contributed by atoms with van der Waals surface area (Å²) in [5, 5.41) is 28.0. The van der Waals surface area contributed by atoms with E-state index in [0.717, 1.165) is 70.7 Å². The summed E-state index contributed by atoms with van der Waals surface area (Å²) >= 11 is 3.50. The second-order valence-corrected chi connectivity index (χ2v) is 16.0. The van der Waals surface area contributed by atoms with Crippen molar-refractivity contribution in [1.29, 1.82) is 0 Å². The third-order valence-corrected chi connectivity index (χ3v) is 11.4. The van der Waals surface area contributed by atoms with Crippen molar-refractivity contribution in [3.05, 3.63) is 119 Å². The lowest BCUT2D eigenvalue weighted by molar-refractivity contribution is 0.0103. The van der Waals surface area contributed by atoms with Gasteiger partial charge in [0.15, 0.2) is 5.65 Å². The number of fused-ring (bicyclic) bond motifs is 2. The summed E-state index contributed by atoms with van der Waals surface area (Å²) in [6.07, 6.45) is 3.33. The standard InChI is InChI=1S/C47H49BrN8O7/c1-31(57)55-40-15-12-34(48)29-39(40)41(47(55)59)43(33-6-5-7-36(58)28-33)50-18-22-60-24-26-62-27-25-61-23-21-54-19-16-35(17-20-54)56-46-42(45(49)51-30-52-46)44(53-56)32-10-13-38(14-11-32)63-37-8-3-2-4-9-37/h2-15,28-30,35,58-59H,16-27H2,1H3,(H2,49,51,52). The number of phenolic OH excluding ortho intramolecular Hbond substituents is 1. The lowest BCUT2D eigenvalue weighted by Crippen LogP contribution is -2.37. The number of hydrogen-bond donors (Lipinski definition) is 3. The molecule has 1 aliphatic rings. The molecule has 0 spiro atoms. The predicted octanol–water partition coefficient (Wildman–Crippen LogP) is 7.88. The zero-order valence-corrected chi connectivity index (χ0v) is 36.5. The van der Waals surface area contributed by atoms with Crippen molar-refractivity contribution in [2.45, 2.75) is 25.8 Å². The fraction of sp³-hybridized carbons (Fsp3) is 0.298. The Bertz CT molecular complexity index is 2700. The van der Waals surface area contributed by atoms with Gasteiger partial charge in [-0.15, -0.1) is 0 Å². The third kappa shape index (κ3) is 10.2. The van der Waals surface area contributed by atoms with Crippen LogP contribution in [0.15, 0.2) is 113 Å². The van der Waals surface area contributed by atoms with E-state index in [4.69, 9.17) is 34.8 Å². The topological polar surface area (TPSA) is 185 Å². The number of nitrogen functional groups attached to an aromatic ring is 1. The molecule has 0 bridgehead atoms. The number of benzene rings is 4. The van der Waals surface area contributed by atoms with Gasteiger partial charge >= 0.3 is 0 Å². The quantitative estimate of drug-likeness (QED) is 0.0560. The van der Waals surface area contributed by atoms with Crippen molar-refractivity contribution in [1.82, 2.24) is 29.2 Å². The molecule has 0 unspecified atom stereocenters. The van der Waals surface area contributed by atoms with Crippen LogP contribution in [0.25, 0.3) is 33.2 Å². The molecule has 1 fully saturated rings. The molecule has 0 amide bonds. The minimum Gasteiger partial charge on any atom is -0.508 e. The molecule has 0 aliphatic carbocycles. The number of piperidine rings is 1. The van der Waals surface area contributed by atoms with Crippen molar-refractivity contribution < 1.29 is 34.0 Å². The fourth-order valence-electron chi connectivity index (χ4n) is 7.87. The van der Waals surface area contributed by atoms with Crippen LogP contribution in [0.1, 0.15) is 41.7 Å². The molecule has 8 rings (SSSR count). The Morgan fingerprint density at radius 3 is 2.29 bits per heavy atom. The largest absolute Gasteiger partial charge is 0.508 e. The van der Waals surface area contributed by atoms with E-state index in [1.54, 1.807) is 30.3 Å². The minimum absolute atomic E-state index is 0.0559. The number of aromatic hydroxyl groups is 2. The maximum absolute atomic E-state index is 12.5. The minimum atomic E-state index is -0.334. The first kappa shape index (κ1) is 43.5. The van der Waals surface area contributed by atoms with Gasteiger partial charge in [0.25, 0.3) is 0 Å². The van der Waals surface area contributed by atoms with Gasteiger partial charge in [0.05, 0.1) is 74.4 Å². The van der Waals surface area contributed by atoms with Crippen molar-refractivity contribution in [3.8, 4) is 34.4 Å². The van der Waals surface area contributed by atoms with Crippen LogP contribution in [-0.2, 0) is 14.2 Å². The Hall–Kier alpha value is -6.17. The molecule has 7 aromatic rings. The van der Waals surface area contributed by atoms with Gasteiger partial charge in [-0.05, 0) is 79.6 Å². The number of ether oxygens (including phenoxy) is 4. The molecule has 63 heavy (non-hydrogen) atoms. The number of aromatic nitrogens is 5. The molecule has 3 aromatic heterocycles. The third-order valence-electron chi connectivity index (χ3n) is 10.9. The Morgan fingerprint density at radius 1 is 0.841 bits per heavy atom. The summed E-state index contributed by atoms with van der Waals surface area (Å²) in [6.45, 7) is 6.89. The van der Waals surface area contributed by atoms with Crippen molar-refractivity contribution in [2.24, 2.45) is 4.99 Å². The zero-order valence-electron chi connectivity index (χ0n) is 34.9. The van der Waals surface area contributed by atoms with Crippen molar-refractivity contribution >= 4 is 55.3 Å². The normalized spacial score (nSPS) is 13.9. The SMILES string of the molecule is CC(=O)n1c(O)c(C(=NCCOCCOCCOCCN2CCC(n3nc(-c4ccc(Oc5ccccc5)cc4)c4c(N)ncnc43)CC2)c2cccc(O)c2)c2cc(Br)ccc21. The number of rotatable bonds is 18. The van der Waals surface area contributed by atoms with Gasteiger partial charge < -0.3 is 39.8 Å². The number of likely N-dealkylation sites (tertiary alicyclic amines) is 1. The van der Waals surface area contributed by atoms with Gasteiger partial charge in [-0.3, -0.25) is 14.4 Å². The van der Waals surface area contributed by atoms with E-state index in [1.165, 1.54) is 17.8 Å². The van der Waals surface area contributed by atoms with Crippen LogP contribution >= 0.6 is 15.9 Å². The lowest BCUT2D eigenvalue weighted by atomic mass is 10.0. The molecule has 0 atom stereocenters. The Labute approximate surface area is 372 Å². The number of carbonyl (C=O) groups is 1. The van der Waals surface area contributed by atoms with Crippen LogP contribution in [0.5, 0.6) is 23.1 Å². The van der Waals surface area contributed by atoms with E-state index in [2.05, 4.69) is 30.8 Å². The van der Waals surface area contributed by atoms with Crippen molar-refractivity contribution in [2.75, 3.05) is 71.6 Å². The van der Waals surface area contributed by atoms with E-state index in [1.807, 2.05) is 71.4 Å². The number of anilines is 1. The molecule has 0 radical (unpaired) electrons. The molecular weight excluding hydrogens is 868 g/mol. The number of para-hydroxylation sites is 1. The molecule has 4 heterocycles. The molecule has 16 heteroatoms. The maximum Gasteiger partial charge on any atom is 0.230 e. The number of halogens is 1. The molecule has 1 saturated heterocycles. The average molecular weight is 918 g/mol. The molecule has 326 valence electrons. The van der Waals surface area contributed by atoms with Crippen LogP contribution < -0.4 is 10.5 Å². The number of aliphatic imine (C=N–C) groups is 1. The molecule has 1 aliphatic heterocycles. The summed E-state index contributed by atoms with van der Waals surface area (Å²) in [5.41, 5.74) is 10.8. The van der Waals surface area contributed by atoms with E-state index < -0.39 is 0 Å². The average Bonchev–Trinajstić information content (AvgIpc) is 3.82. The number of phenols is 1. The molecule has 0 saturated carbocycles. The monoisotopic (exact) mass is 916 g/mol. The van der Waals surface area contributed by atoms with Crippen LogP contribution in [0, 0.1) is 0 Å². The first-order chi connectivity index (χ1) is 30.7. The summed E-state index contributed by atoms with van der Waals surface area (Å²) in [6, 6.07) is 29.7. The lowest BCUT2D eigenvalue weighted by Gasteiger charge is -2.32. The van der Waals surface area contributed by atoms with Crippen LogP contribution in [0.3, 0.4) is 0 Å². The van der Waals surface area contributed by atoms with Crippen LogP contribution in [0.4, 0.5) is 5.82 Å². The molecule has 4 N–H and O–H groups in total. The van der Waals surface area contributed by atoms with Crippen molar-refractivity contribution in [3.63, 3.8) is 0 Å². The molecule has 15 nitrogen and oxygen atoms in total. The second-order valence-electron chi connectivity index (χ2n) is 15.1.